The van der Waals surface area contributed by atoms with E-state index in [-0.39, 0.29) is 11.8 Å². The van der Waals surface area contributed by atoms with Gasteiger partial charge in [-0.2, -0.15) is 0 Å². The fraction of sp³-hybridized carbons (Fsp3) is 1.00. The smallest absolute Gasteiger partial charge is 0.211 e. The largest absolute Gasteiger partial charge is 0.304 e. The summed E-state index contributed by atoms with van der Waals surface area (Å²) in [6.07, 6.45) is 1.94. The van der Waals surface area contributed by atoms with Crippen molar-refractivity contribution in [1.29, 1.82) is 0 Å². The predicted molar refractivity (Wildman–Crippen MR) is 69.1 cm³/mol. The summed E-state index contributed by atoms with van der Waals surface area (Å²) in [5.74, 6) is 0.160. The summed E-state index contributed by atoms with van der Waals surface area (Å²) >= 11 is 0. The van der Waals surface area contributed by atoms with E-state index in [0.717, 1.165) is 32.5 Å². The van der Waals surface area contributed by atoms with Crippen molar-refractivity contribution in [3.8, 4) is 0 Å². The molecule has 0 heterocycles. The fourth-order valence-electron chi connectivity index (χ4n) is 1.61. The maximum absolute atomic E-state index is 11.3. The molecule has 1 N–H and O–H groups in total. The van der Waals surface area contributed by atoms with Gasteiger partial charge in [-0.3, -0.25) is 0 Å². The van der Waals surface area contributed by atoms with Crippen LogP contribution in [0.15, 0.2) is 0 Å². The van der Waals surface area contributed by atoms with Gasteiger partial charge in [0.2, 0.25) is 10.0 Å². The Morgan fingerprint density at radius 3 is 2.19 bits per heavy atom. The van der Waals surface area contributed by atoms with Crippen molar-refractivity contribution in [3.63, 3.8) is 0 Å². The molecule has 0 saturated carbocycles. The molecule has 4 nitrogen and oxygen atoms in total. The van der Waals surface area contributed by atoms with Crippen LogP contribution in [0.5, 0.6) is 0 Å². The number of nitrogens with zero attached hydrogens (tertiary/aromatic N) is 1. The third-order valence-electron chi connectivity index (χ3n) is 2.77. The van der Waals surface area contributed by atoms with Crippen LogP contribution in [-0.2, 0) is 10.0 Å². The number of hydrogen-bond donors (Lipinski definition) is 1. The summed E-state index contributed by atoms with van der Waals surface area (Å²) < 4.78 is 25.3. The van der Waals surface area contributed by atoms with Crippen LogP contribution >= 0.6 is 0 Å². The minimum atomic E-state index is -3.04. The summed E-state index contributed by atoms with van der Waals surface area (Å²) in [5, 5.41) is 0. The summed E-state index contributed by atoms with van der Waals surface area (Å²) in [6, 6.07) is 0.0421. The van der Waals surface area contributed by atoms with Gasteiger partial charge in [-0.05, 0) is 46.3 Å². The van der Waals surface area contributed by atoms with Crippen LogP contribution in [0, 0.1) is 0 Å². The second-order valence-corrected chi connectivity index (χ2v) is 6.13. The van der Waals surface area contributed by atoms with Gasteiger partial charge in [0, 0.05) is 6.04 Å². The lowest BCUT2D eigenvalue weighted by atomic mass is 10.2. The average molecular weight is 250 g/mol. The first kappa shape index (κ1) is 15.9. The van der Waals surface area contributed by atoms with Gasteiger partial charge >= 0.3 is 0 Å². The van der Waals surface area contributed by atoms with Gasteiger partial charge in [-0.15, -0.1) is 0 Å². The van der Waals surface area contributed by atoms with Crippen LogP contribution in [0.25, 0.3) is 0 Å². The van der Waals surface area contributed by atoms with Crippen molar-refractivity contribution < 1.29 is 8.42 Å². The Hall–Kier alpha value is -0.130. The fourth-order valence-corrected chi connectivity index (χ4v) is 2.51. The SMILES string of the molecule is CCN(CC)CCCC(C)NS(=O)(=O)CC. The lowest BCUT2D eigenvalue weighted by Crippen LogP contribution is -2.34. The molecule has 0 fully saturated rings. The molecule has 0 aromatic carbocycles. The van der Waals surface area contributed by atoms with Gasteiger partial charge in [-0.25, -0.2) is 13.1 Å². The molecule has 0 bridgehead atoms. The Bertz CT molecular complexity index is 261. The van der Waals surface area contributed by atoms with Crippen molar-refractivity contribution in [1.82, 2.24) is 9.62 Å². The molecule has 0 amide bonds. The van der Waals surface area contributed by atoms with Crippen LogP contribution in [-0.4, -0.2) is 44.7 Å². The minimum absolute atomic E-state index is 0.0421. The maximum Gasteiger partial charge on any atom is 0.211 e. The van der Waals surface area contributed by atoms with Gasteiger partial charge in [0.15, 0.2) is 0 Å². The van der Waals surface area contributed by atoms with Crippen molar-refractivity contribution in [3.05, 3.63) is 0 Å². The molecule has 1 unspecified atom stereocenters. The molecule has 0 radical (unpaired) electrons. The van der Waals surface area contributed by atoms with E-state index in [4.69, 9.17) is 0 Å². The lowest BCUT2D eigenvalue weighted by Gasteiger charge is -2.19. The highest BCUT2D eigenvalue weighted by molar-refractivity contribution is 7.89. The van der Waals surface area contributed by atoms with Crippen LogP contribution in [0.3, 0.4) is 0 Å². The molecular weight excluding hydrogens is 224 g/mol. The predicted octanol–water partition coefficient (Wildman–Crippen LogP) is 1.44. The molecule has 0 saturated heterocycles. The number of hydrogen-bond acceptors (Lipinski definition) is 3. The standard InChI is InChI=1S/C11H26N2O2S/c1-5-13(6-2)10-8-9-11(4)12-16(14,15)7-3/h11-12H,5-10H2,1-4H3. The molecule has 0 rings (SSSR count). The van der Waals surface area contributed by atoms with Crippen LogP contribution in [0.1, 0.15) is 40.5 Å². The zero-order valence-electron chi connectivity index (χ0n) is 11.0. The Morgan fingerprint density at radius 1 is 1.19 bits per heavy atom. The van der Waals surface area contributed by atoms with E-state index in [0.29, 0.717) is 0 Å². The molecular formula is C11H26N2O2S. The molecule has 0 aromatic heterocycles. The van der Waals surface area contributed by atoms with Gasteiger partial charge in [-0.1, -0.05) is 13.8 Å². The minimum Gasteiger partial charge on any atom is -0.304 e. The lowest BCUT2D eigenvalue weighted by molar-refractivity contribution is 0.293. The summed E-state index contributed by atoms with van der Waals surface area (Å²) in [5.41, 5.74) is 0. The van der Waals surface area contributed by atoms with E-state index >= 15 is 0 Å². The van der Waals surface area contributed by atoms with Gasteiger partial charge in [0.1, 0.15) is 0 Å². The Labute approximate surface area is 100 Å². The quantitative estimate of drug-likeness (QED) is 0.673. The third kappa shape index (κ3) is 7.19. The van der Waals surface area contributed by atoms with E-state index in [9.17, 15) is 8.42 Å². The Morgan fingerprint density at radius 2 is 1.75 bits per heavy atom. The van der Waals surface area contributed by atoms with Crippen molar-refractivity contribution >= 4 is 10.0 Å². The number of rotatable bonds is 9. The highest BCUT2D eigenvalue weighted by atomic mass is 32.2. The second kappa shape index (κ2) is 8.03. The summed E-state index contributed by atoms with van der Waals surface area (Å²) in [7, 11) is -3.04. The first-order valence-electron chi connectivity index (χ1n) is 6.17. The molecule has 5 heteroatoms. The molecule has 16 heavy (non-hydrogen) atoms. The topological polar surface area (TPSA) is 49.4 Å². The van der Waals surface area contributed by atoms with Gasteiger partial charge < -0.3 is 4.90 Å². The van der Waals surface area contributed by atoms with Gasteiger partial charge in [0.05, 0.1) is 5.75 Å². The molecule has 0 spiro atoms. The highest BCUT2D eigenvalue weighted by Crippen LogP contribution is 2.01. The van der Waals surface area contributed by atoms with E-state index in [2.05, 4.69) is 23.5 Å². The van der Waals surface area contributed by atoms with Crippen molar-refractivity contribution in [2.45, 2.75) is 46.6 Å². The summed E-state index contributed by atoms with van der Waals surface area (Å²) in [4.78, 5) is 2.35. The van der Waals surface area contributed by atoms with E-state index in [1.165, 1.54) is 0 Å². The molecule has 0 aromatic rings. The molecule has 0 aliphatic carbocycles. The molecule has 0 aliphatic rings. The maximum atomic E-state index is 11.3. The molecule has 98 valence electrons. The zero-order chi connectivity index (χ0) is 12.6. The summed E-state index contributed by atoms with van der Waals surface area (Å²) in [6.45, 7) is 11.0. The van der Waals surface area contributed by atoms with Crippen molar-refractivity contribution in [2.24, 2.45) is 0 Å². The van der Waals surface area contributed by atoms with Crippen molar-refractivity contribution in [2.75, 3.05) is 25.4 Å². The van der Waals surface area contributed by atoms with Crippen LogP contribution in [0.4, 0.5) is 0 Å². The Kier molecular flexibility index (Phi) is 7.97. The monoisotopic (exact) mass is 250 g/mol. The van der Waals surface area contributed by atoms with Crippen LogP contribution in [0.2, 0.25) is 0 Å². The molecule has 0 aliphatic heterocycles. The Balaban J connectivity index is 3.78. The number of sulfonamides is 1. The van der Waals surface area contributed by atoms with Gasteiger partial charge in [0.25, 0.3) is 0 Å². The normalized spacial score (nSPS) is 14.3. The highest BCUT2D eigenvalue weighted by Gasteiger charge is 2.11. The van der Waals surface area contributed by atoms with E-state index in [1.54, 1.807) is 6.92 Å². The van der Waals surface area contributed by atoms with Crippen LogP contribution < -0.4 is 4.72 Å². The first-order chi connectivity index (χ1) is 7.45. The second-order valence-electron chi connectivity index (χ2n) is 4.09. The number of nitrogens with one attached hydrogen (secondary N) is 1. The first-order valence-corrected chi connectivity index (χ1v) is 7.82. The third-order valence-corrected chi connectivity index (χ3v) is 4.29. The zero-order valence-corrected chi connectivity index (χ0v) is 11.8. The average Bonchev–Trinajstić information content (AvgIpc) is 2.24. The van der Waals surface area contributed by atoms with E-state index in [1.807, 2.05) is 6.92 Å². The van der Waals surface area contributed by atoms with E-state index < -0.39 is 10.0 Å². The molecule has 1 atom stereocenters.